The SMILES string of the molecule is CN(C)c1cc2c(cc1Cl)N(C(=O)OC(C)(C)C)CC(C(=O)N1CCC(C#N)(Cc3ccc(F)cc3)C1)O2. The van der Waals surface area contributed by atoms with E-state index in [1.54, 1.807) is 49.9 Å². The Kier molecular flexibility index (Phi) is 7.48. The largest absolute Gasteiger partial charge is 0.476 e. The molecule has 2 unspecified atom stereocenters. The van der Waals surface area contributed by atoms with Crippen LogP contribution in [0.25, 0.3) is 0 Å². The summed E-state index contributed by atoms with van der Waals surface area (Å²) in [4.78, 5) is 31.6. The summed E-state index contributed by atoms with van der Waals surface area (Å²) in [5.41, 5.74) is 0.379. The van der Waals surface area contributed by atoms with E-state index in [0.717, 1.165) is 5.56 Å². The van der Waals surface area contributed by atoms with Crippen molar-refractivity contribution in [3.05, 3.63) is 52.8 Å². The number of nitrogens with zero attached hydrogens (tertiary/aromatic N) is 4. The van der Waals surface area contributed by atoms with Crippen LogP contribution in [0.15, 0.2) is 36.4 Å². The maximum atomic E-state index is 13.7. The molecule has 0 radical (unpaired) electrons. The van der Waals surface area contributed by atoms with Gasteiger partial charge in [0.05, 0.1) is 34.4 Å². The summed E-state index contributed by atoms with van der Waals surface area (Å²) in [5, 5.41) is 10.4. The normalized spacial score (nSPS) is 20.8. The van der Waals surface area contributed by atoms with Crippen molar-refractivity contribution in [2.45, 2.75) is 45.3 Å². The summed E-state index contributed by atoms with van der Waals surface area (Å²) in [5.74, 6) is -0.321. The lowest BCUT2D eigenvalue weighted by Gasteiger charge is -2.37. The first-order valence-corrected chi connectivity index (χ1v) is 12.8. The Morgan fingerprint density at radius 1 is 1.26 bits per heavy atom. The minimum atomic E-state index is -0.994. The average Bonchev–Trinajstić information content (AvgIpc) is 3.27. The highest BCUT2D eigenvalue weighted by atomic mass is 35.5. The molecule has 202 valence electrons. The first kappa shape index (κ1) is 27.5. The molecule has 2 aliphatic heterocycles. The molecule has 2 heterocycles. The maximum absolute atomic E-state index is 13.7. The maximum Gasteiger partial charge on any atom is 0.415 e. The Labute approximate surface area is 227 Å². The highest BCUT2D eigenvalue weighted by Crippen LogP contribution is 2.42. The molecule has 2 amide bonds. The zero-order valence-electron chi connectivity index (χ0n) is 22.3. The van der Waals surface area contributed by atoms with E-state index in [2.05, 4.69) is 6.07 Å². The molecule has 0 N–H and O–H groups in total. The van der Waals surface area contributed by atoms with Gasteiger partial charge in [-0.05, 0) is 57.4 Å². The van der Waals surface area contributed by atoms with Crippen LogP contribution in [0.5, 0.6) is 5.75 Å². The van der Waals surface area contributed by atoms with Crippen LogP contribution in [0.3, 0.4) is 0 Å². The summed E-state index contributed by atoms with van der Waals surface area (Å²) in [7, 11) is 3.66. The lowest BCUT2D eigenvalue weighted by Crippen LogP contribution is -2.52. The van der Waals surface area contributed by atoms with Crippen molar-refractivity contribution in [2.24, 2.45) is 5.41 Å². The van der Waals surface area contributed by atoms with Gasteiger partial charge < -0.3 is 19.3 Å². The number of carbonyl (C=O) groups excluding carboxylic acids is 2. The molecule has 2 aromatic rings. The second-order valence-corrected chi connectivity index (χ2v) is 11.5. The molecule has 4 rings (SSSR count). The van der Waals surface area contributed by atoms with Crippen molar-refractivity contribution in [3.63, 3.8) is 0 Å². The van der Waals surface area contributed by atoms with Crippen LogP contribution in [0.2, 0.25) is 5.02 Å². The van der Waals surface area contributed by atoms with Crippen LogP contribution in [0.1, 0.15) is 32.8 Å². The zero-order valence-corrected chi connectivity index (χ0v) is 23.0. The van der Waals surface area contributed by atoms with Crippen molar-refractivity contribution in [1.29, 1.82) is 5.26 Å². The number of anilines is 2. The number of rotatable bonds is 4. The van der Waals surface area contributed by atoms with Gasteiger partial charge in [0.1, 0.15) is 17.2 Å². The monoisotopic (exact) mass is 542 g/mol. The molecular formula is C28H32ClFN4O4. The predicted molar refractivity (Wildman–Crippen MR) is 143 cm³/mol. The number of amides is 2. The van der Waals surface area contributed by atoms with Crippen molar-refractivity contribution in [2.75, 3.05) is 43.5 Å². The number of halogens is 2. The molecule has 0 saturated carbocycles. The second-order valence-electron chi connectivity index (χ2n) is 11.1. The predicted octanol–water partition coefficient (Wildman–Crippen LogP) is 5.03. The first-order valence-electron chi connectivity index (χ1n) is 12.4. The van der Waals surface area contributed by atoms with Gasteiger partial charge in [-0.25, -0.2) is 9.18 Å². The van der Waals surface area contributed by atoms with Gasteiger partial charge in [0.2, 0.25) is 0 Å². The molecule has 1 saturated heterocycles. The van der Waals surface area contributed by atoms with Crippen molar-refractivity contribution >= 4 is 35.0 Å². The third kappa shape index (κ3) is 5.81. The van der Waals surface area contributed by atoms with E-state index in [0.29, 0.717) is 41.5 Å². The van der Waals surface area contributed by atoms with Crippen LogP contribution < -0.4 is 14.5 Å². The number of benzene rings is 2. The number of carbonyl (C=O) groups is 2. The molecule has 8 nitrogen and oxygen atoms in total. The minimum absolute atomic E-state index is 0.0631. The summed E-state index contributed by atoms with van der Waals surface area (Å²) in [6.07, 6.45) is -0.730. The molecule has 38 heavy (non-hydrogen) atoms. The Morgan fingerprint density at radius 2 is 1.95 bits per heavy atom. The Morgan fingerprint density at radius 3 is 2.55 bits per heavy atom. The molecule has 0 spiro atoms. The number of hydrogen-bond acceptors (Lipinski definition) is 6. The lowest BCUT2D eigenvalue weighted by molar-refractivity contribution is -0.137. The van der Waals surface area contributed by atoms with Crippen LogP contribution in [-0.4, -0.2) is 62.3 Å². The fraction of sp³-hybridized carbons (Fsp3) is 0.464. The Hall–Kier alpha value is -3.51. The van der Waals surface area contributed by atoms with Crippen molar-refractivity contribution in [3.8, 4) is 11.8 Å². The summed E-state index contributed by atoms with van der Waals surface area (Å²) in [6, 6.07) is 11.8. The Balaban J connectivity index is 1.59. The molecule has 1 fully saturated rings. The summed E-state index contributed by atoms with van der Waals surface area (Å²) in [6.45, 7) is 5.82. The van der Waals surface area contributed by atoms with Crippen LogP contribution in [0.4, 0.5) is 20.6 Å². The van der Waals surface area contributed by atoms with Gasteiger partial charge in [-0.15, -0.1) is 0 Å². The number of ether oxygens (including phenoxy) is 2. The van der Waals surface area contributed by atoms with Gasteiger partial charge in [-0.1, -0.05) is 23.7 Å². The lowest BCUT2D eigenvalue weighted by atomic mass is 9.82. The van der Waals surface area contributed by atoms with E-state index in [1.807, 2.05) is 19.0 Å². The molecular weight excluding hydrogens is 511 g/mol. The Bertz CT molecular complexity index is 1270. The van der Waals surface area contributed by atoms with Crippen LogP contribution in [0, 0.1) is 22.6 Å². The minimum Gasteiger partial charge on any atom is -0.476 e. The van der Waals surface area contributed by atoms with Gasteiger partial charge >= 0.3 is 6.09 Å². The molecule has 0 aliphatic carbocycles. The number of fused-ring (bicyclic) bond motifs is 1. The van der Waals surface area contributed by atoms with E-state index in [1.165, 1.54) is 17.0 Å². The quantitative estimate of drug-likeness (QED) is 0.538. The number of nitriles is 1. The second kappa shape index (κ2) is 10.3. The molecule has 2 aromatic carbocycles. The third-order valence-electron chi connectivity index (χ3n) is 6.67. The van der Waals surface area contributed by atoms with Crippen LogP contribution in [-0.2, 0) is 16.0 Å². The number of likely N-dealkylation sites (tertiary alicyclic amines) is 1. The van der Waals surface area contributed by atoms with Gasteiger partial charge in [0, 0.05) is 33.3 Å². The summed E-state index contributed by atoms with van der Waals surface area (Å²) >= 11 is 6.48. The topological polar surface area (TPSA) is 86.1 Å². The van der Waals surface area contributed by atoms with Crippen molar-refractivity contribution < 1.29 is 23.5 Å². The van der Waals surface area contributed by atoms with E-state index >= 15 is 0 Å². The van der Waals surface area contributed by atoms with Gasteiger partial charge in [-0.2, -0.15) is 5.26 Å². The zero-order chi connectivity index (χ0) is 27.8. The standard InChI is InChI=1S/C28H32ClFN4O4/c1-27(2,3)38-26(36)34-15-24(37-23-13-21(32(4)5)20(29)12-22(23)34)25(35)33-11-10-28(16-31,17-33)14-18-6-8-19(30)9-7-18/h6-9,12-13,24H,10-11,14-15,17H2,1-5H3. The van der Waals surface area contributed by atoms with E-state index in [9.17, 15) is 19.2 Å². The fourth-order valence-electron chi connectivity index (χ4n) is 4.79. The number of hydrogen-bond donors (Lipinski definition) is 0. The molecule has 0 aromatic heterocycles. The van der Waals surface area contributed by atoms with E-state index in [4.69, 9.17) is 21.1 Å². The van der Waals surface area contributed by atoms with E-state index < -0.39 is 23.2 Å². The third-order valence-corrected chi connectivity index (χ3v) is 6.97. The van der Waals surface area contributed by atoms with Crippen LogP contribution >= 0.6 is 11.6 Å². The van der Waals surface area contributed by atoms with Gasteiger partial charge in [-0.3, -0.25) is 9.69 Å². The van der Waals surface area contributed by atoms with Crippen molar-refractivity contribution in [1.82, 2.24) is 4.90 Å². The van der Waals surface area contributed by atoms with Gasteiger partial charge in [0.15, 0.2) is 6.10 Å². The smallest absolute Gasteiger partial charge is 0.415 e. The molecule has 0 bridgehead atoms. The molecule has 2 atom stereocenters. The highest BCUT2D eigenvalue weighted by molar-refractivity contribution is 6.33. The molecule has 10 heteroatoms. The summed E-state index contributed by atoms with van der Waals surface area (Å²) < 4.78 is 25.1. The molecule has 2 aliphatic rings. The first-order chi connectivity index (χ1) is 17.8. The van der Waals surface area contributed by atoms with E-state index in [-0.39, 0.29) is 24.8 Å². The highest BCUT2D eigenvalue weighted by Gasteiger charge is 2.45. The fourth-order valence-corrected chi connectivity index (χ4v) is 5.11. The van der Waals surface area contributed by atoms with Gasteiger partial charge in [0.25, 0.3) is 5.91 Å². The average molecular weight is 543 g/mol.